The highest BCUT2D eigenvalue weighted by Crippen LogP contribution is 2.35. The summed E-state index contributed by atoms with van der Waals surface area (Å²) in [6.45, 7) is 1.51. The molecule has 0 spiro atoms. The van der Waals surface area contributed by atoms with Crippen LogP contribution in [0.4, 0.5) is 0 Å². The zero-order chi connectivity index (χ0) is 15.0. The van der Waals surface area contributed by atoms with Crippen molar-refractivity contribution in [3.63, 3.8) is 0 Å². The molecule has 0 radical (unpaired) electrons. The SMILES string of the molecule is O=S(=O)(c1cccc(Cl)c1Cl)N1CCCC1C1CCCN1. The third-order valence-corrected chi connectivity index (χ3v) is 7.21. The number of nitrogens with one attached hydrogen (secondary N) is 1. The maximum Gasteiger partial charge on any atom is 0.244 e. The molecule has 0 saturated carbocycles. The Balaban J connectivity index is 1.95. The zero-order valence-corrected chi connectivity index (χ0v) is 13.9. The van der Waals surface area contributed by atoms with Crippen molar-refractivity contribution in [2.45, 2.75) is 42.7 Å². The van der Waals surface area contributed by atoms with Gasteiger partial charge in [-0.05, 0) is 44.4 Å². The number of sulfonamides is 1. The van der Waals surface area contributed by atoms with E-state index in [1.807, 2.05) is 0 Å². The summed E-state index contributed by atoms with van der Waals surface area (Å²) in [7, 11) is -3.60. The van der Waals surface area contributed by atoms with E-state index in [9.17, 15) is 8.42 Å². The Morgan fingerprint density at radius 3 is 2.71 bits per heavy atom. The van der Waals surface area contributed by atoms with Gasteiger partial charge in [-0.1, -0.05) is 29.3 Å². The van der Waals surface area contributed by atoms with E-state index in [1.54, 1.807) is 16.4 Å². The third kappa shape index (κ3) is 2.82. The Bertz CT molecular complexity index is 630. The van der Waals surface area contributed by atoms with Gasteiger partial charge < -0.3 is 5.32 Å². The van der Waals surface area contributed by atoms with Crippen LogP contribution in [-0.4, -0.2) is 37.9 Å². The molecule has 2 saturated heterocycles. The van der Waals surface area contributed by atoms with E-state index in [4.69, 9.17) is 23.2 Å². The van der Waals surface area contributed by atoms with Gasteiger partial charge in [-0.15, -0.1) is 0 Å². The van der Waals surface area contributed by atoms with Gasteiger partial charge in [0.1, 0.15) is 4.90 Å². The molecule has 1 aromatic carbocycles. The fraction of sp³-hybridized carbons (Fsp3) is 0.571. The second-order valence-corrected chi connectivity index (χ2v) is 8.22. The van der Waals surface area contributed by atoms with Gasteiger partial charge in [0.15, 0.2) is 0 Å². The highest BCUT2D eigenvalue weighted by atomic mass is 35.5. The van der Waals surface area contributed by atoms with Crippen molar-refractivity contribution >= 4 is 33.2 Å². The topological polar surface area (TPSA) is 49.4 Å². The summed E-state index contributed by atoms with van der Waals surface area (Å²) in [6.07, 6.45) is 3.92. The van der Waals surface area contributed by atoms with Gasteiger partial charge in [-0.3, -0.25) is 0 Å². The van der Waals surface area contributed by atoms with Crippen molar-refractivity contribution in [1.82, 2.24) is 9.62 Å². The lowest BCUT2D eigenvalue weighted by Crippen LogP contribution is -2.46. The standard InChI is InChI=1S/C14H18Cl2N2O2S/c15-10-4-1-7-13(14(10)16)21(19,20)18-9-3-6-12(18)11-5-2-8-17-11/h1,4,7,11-12,17H,2-3,5-6,8-9H2. The minimum absolute atomic E-state index is 0.0209. The number of rotatable bonds is 3. The number of hydrogen-bond donors (Lipinski definition) is 1. The van der Waals surface area contributed by atoms with Gasteiger partial charge in [0.2, 0.25) is 10.0 Å². The lowest BCUT2D eigenvalue weighted by molar-refractivity contribution is 0.322. The molecule has 2 unspecified atom stereocenters. The maximum absolute atomic E-state index is 12.9. The van der Waals surface area contributed by atoms with Crippen molar-refractivity contribution in [3.8, 4) is 0 Å². The van der Waals surface area contributed by atoms with E-state index in [2.05, 4.69) is 5.32 Å². The summed E-state index contributed by atoms with van der Waals surface area (Å²) in [5, 5.41) is 3.80. The molecule has 21 heavy (non-hydrogen) atoms. The largest absolute Gasteiger partial charge is 0.312 e. The highest BCUT2D eigenvalue weighted by Gasteiger charge is 2.41. The molecule has 1 aromatic rings. The minimum atomic E-state index is -3.60. The van der Waals surface area contributed by atoms with Gasteiger partial charge in [0.05, 0.1) is 10.0 Å². The molecule has 2 atom stereocenters. The molecule has 116 valence electrons. The average molecular weight is 349 g/mol. The molecule has 2 heterocycles. The van der Waals surface area contributed by atoms with Crippen molar-refractivity contribution < 1.29 is 8.42 Å². The summed E-state index contributed by atoms with van der Waals surface area (Å²) in [4.78, 5) is 0.113. The first-order valence-electron chi connectivity index (χ1n) is 7.21. The van der Waals surface area contributed by atoms with Crippen LogP contribution in [0.25, 0.3) is 0 Å². The van der Waals surface area contributed by atoms with Crippen molar-refractivity contribution in [1.29, 1.82) is 0 Å². The van der Waals surface area contributed by atoms with Crippen LogP contribution in [0.1, 0.15) is 25.7 Å². The Morgan fingerprint density at radius 1 is 1.19 bits per heavy atom. The summed E-state index contributed by atoms with van der Waals surface area (Å²) in [5.74, 6) is 0. The fourth-order valence-electron chi connectivity index (χ4n) is 3.32. The number of halogens is 2. The molecule has 0 aliphatic carbocycles. The maximum atomic E-state index is 12.9. The quantitative estimate of drug-likeness (QED) is 0.913. The van der Waals surface area contributed by atoms with Crippen LogP contribution < -0.4 is 5.32 Å². The Labute approximate surface area is 135 Å². The van der Waals surface area contributed by atoms with Crippen LogP contribution in [0.5, 0.6) is 0 Å². The summed E-state index contributed by atoms with van der Waals surface area (Å²) in [5.41, 5.74) is 0. The lowest BCUT2D eigenvalue weighted by Gasteiger charge is -2.29. The molecule has 0 aromatic heterocycles. The summed E-state index contributed by atoms with van der Waals surface area (Å²) >= 11 is 12.1. The molecule has 7 heteroatoms. The first-order chi connectivity index (χ1) is 10.0. The monoisotopic (exact) mass is 348 g/mol. The minimum Gasteiger partial charge on any atom is -0.312 e. The van der Waals surface area contributed by atoms with Crippen molar-refractivity contribution in [2.75, 3.05) is 13.1 Å². The van der Waals surface area contributed by atoms with E-state index >= 15 is 0 Å². The van der Waals surface area contributed by atoms with E-state index in [0.717, 1.165) is 32.2 Å². The van der Waals surface area contributed by atoms with Crippen LogP contribution in [0.3, 0.4) is 0 Å². The summed E-state index contributed by atoms with van der Waals surface area (Å²) in [6, 6.07) is 5.02. The molecule has 0 bridgehead atoms. The summed E-state index contributed by atoms with van der Waals surface area (Å²) < 4.78 is 27.5. The smallest absolute Gasteiger partial charge is 0.244 e. The second kappa shape index (κ2) is 6.05. The predicted molar refractivity (Wildman–Crippen MR) is 84.4 cm³/mol. The van der Waals surface area contributed by atoms with Gasteiger partial charge in [0.25, 0.3) is 0 Å². The Kier molecular flexibility index (Phi) is 4.48. The van der Waals surface area contributed by atoms with Crippen LogP contribution >= 0.6 is 23.2 Å². The van der Waals surface area contributed by atoms with Gasteiger partial charge in [0, 0.05) is 18.6 Å². The predicted octanol–water partition coefficient (Wildman–Crippen LogP) is 2.90. The first kappa shape index (κ1) is 15.6. The van der Waals surface area contributed by atoms with Crippen molar-refractivity contribution in [2.24, 2.45) is 0 Å². The Morgan fingerprint density at radius 2 is 2.00 bits per heavy atom. The molecule has 3 rings (SSSR count). The number of hydrogen-bond acceptors (Lipinski definition) is 3. The van der Waals surface area contributed by atoms with E-state index in [1.165, 1.54) is 6.07 Å². The molecule has 2 aliphatic rings. The average Bonchev–Trinajstić information content (AvgIpc) is 3.11. The number of benzene rings is 1. The molecule has 2 fully saturated rings. The second-order valence-electron chi connectivity index (χ2n) is 5.58. The van der Waals surface area contributed by atoms with Crippen LogP contribution in [-0.2, 0) is 10.0 Å². The first-order valence-corrected chi connectivity index (χ1v) is 9.40. The van der Waals surface area contributed by atoms with Gasteiger partial charge in [-0.2, -0.15) is 4.31 Å². The molecule has 2 aliphatic heterocycles. The zero-order valence-electron chi connectivity index (χ0n) is 11.6. The van der Waals surface area contributed by atoms with Gasteiger partial charge in [-0.25, -0.2) is 8.42 Å². The van der Waals surface area contributed by atoms with E-state index in [0.29, 0.717) is 6.54 Å². The molecule has 0 amide bonds. The lowest BCUT2D eigenvalue weighted by atomic mass is 10.1. The molecule has 1 N–H and O–H groups in total. The highest BCUT2D eigenvalue weighted by molar-refractivity contribution is 7.89. The van der Waals surface area contributed by atoms with Crippen LogP contribution in [0.2, 0.25) is 10.0 Å². The third-order valence-electron chi connectivity index (χ3n) is 4.31. The molecular weight excluding hydrogens is 331 g/mol. The van der Waals surface area contributed by atoms with E-state index < -0.39 is 10.0 Å². The number of nitrogens with zero attached hydrogens (tertiary/aromatic N) is 1. The Hall–Kier alpha value is -0.330. The molecule has 4 nitrogen and oxygen atoms in total. The van der Waals surface area contributed by atoms with Crippen LogP contribution in [0, 0.1) is 0 Å². The van der Waals surface area contributed by atoms with Crippen LogP contribution in [0.15, 0.2) is 23.1 Å². The van der Waals surface area contributed by atoms with E-state index in [-0.39, 0.29) is 27.0 Å². The molecular formula is C14H18Cl2N2O2S. The normalized spacial score (nSPS) is 27.3. The fourth-order valence-corrected chi connectivity index (χ4v) is 5.78. The van der Waals surface area contributed by atoms with Crippen molar-refractivity contribution in [3.05, 3.63) is 28.2 Å². The van der Waals surface area contributed by atoms with Gasteiger partial charge >= 0.3 is 0 Å².